The fourth-order valence-corrected chi connectivity index (χ4v) is 2.89. The zero-order valence-corrected chi connectivity index (χ0v) is 9.82. The predicted octanol–water partition coefficient (Wildman–Crippen LogP) is 0.850. The van der Waals surface area contributed by atoms with Gasteiger partial charge in [-0.25, -0.2) is 0 Å². The van der Waals surface area contributed by atoms with Crippen molar-refractivity contribution in [3.8, 4) is 0 Å². The highest BCUT2D eigenvalue weighted by Crippen LogP contribution is 2.42. The average Bonchev–Trinajstić information content (AvgIpc) is 2.46. The van der Waals surface area contributed by atoms with E-state index in [-0.39, 0.29) is 6.10 Å². The fourth-order valence-electron chi connectivity index (χ4n) is 2.89. The summed E-state index contributed by atoms with van der Waals surface area (Å²) in [5.41, 5.74) is -0.459. The third kappa shape index (κ3) is 2.52. The topological polar surface area (TPSA) is 43.7 Å². The SMILES string of the molecule is CC(C)C1CC(O)(CN2CC[C@@H](O)C2)C1. The van der Waals surface area contributed by atoms with Crippen LogP contribution in [-0.2, 0) is 0 Å². The lowest BCUT2D eigenvalue weighted by Gasteiger charge is -2.47. The number of hydrogen-bond donors (Lipinski definition) is 2. The van der Waals surface area contributed by atoms with E-state index < -0.39 is 5.60 Å². The van der Waals surface area contributed by atoms with E-state index >= 15 is 0 Å². The van der Waals surface area contributed by atoms with Crippen LogP contribution >= 0.6 is 0 Å². The second kappa shape index (κ2) is 4.04. The summed E-state index contributed by atoms with van der Waals surface area (Å²) in [7, 11) is 0. The number of β-amino-alcohol motifs (C(OH)–C–C–N with tert-alkyl or cyclic N) is 2. The Kier molecular flexibility index (Phi) is 3.06. The molecule has 1 heterocycles. The highest BCUT2D eigenvalue weighted by atomic mass is 16.3. The minimum Gasteiger partial charge on any atom is -0.392 e. The van der Waals surface area contributed by atoms with Crippen LogP contribution in [0, 0.1) is 11.8 Å². The minimum absolute atomic E-state index is 0.172. The molecule has 88 valence electrons. The Hall–Kier alpha value is -0.120. The summed E-state index contributed by atoms with van der Waals surface area (Å²) >= 11 is 0. The van der Waals surface area contributed by atoms with Gasteiger partial charge in [-0.2, -0.15) is 0 Å². The largest absolute Gasteiger partial charge is 0.392 e. The fraction of sp³-hybridized carbons (Fsp3) is 1.00. The molecule has 1 atom stereocenters. The molecular formula is C12H23NO2. The highest BCUT2D eigenvalue weighted by molar-refractivity contribution is 4.98. The second-order valence-corrected chi connectivity index (χ2v) is 5.81. The molecule has 1 aliphatic heterocycles. The lowest BCUT2D eigenvalue weighted by atomic mass is 9.66. The average molecular weight is 213 g/mol. The molecule has 3 heteroatoms. The van der Waals surface area contributed by atoms with Crippen molar-refractivity contribution >= 4 is 0 Å². The van der Waals surface area contributed by atoms with E-state index in [0.717, 1.165) is 38.9 Å². The Labute approximate surface area is 92.1 Å². The van der Waals surface area contributed by atoms with Crippen molar-refractivity contribution in [2.75, 3.05) is 19.6 Å². The quantitative estimate of drug-likeness (QED) is 0.730. The first-order valence-electron chi connectivity index (χ1n) is 6.11. The van der Waals surface area contributed by atoms with Crippen molar-refractivity contribution < 1.29 is 10.2 Å². The van der Waals surface area contributed by atoms with Gasteiger partial charge in [0, 0.05) is 19.6 Å². The Morgan fingerprint density at radius 2 is 2.07 bits per heavy atom. The summed E-state index contributed by atoms with van der Waals surface area (Å²) in [4.78, 5) is 2.20. The maximum atomic E-state index is 10.3. The highest BCUT2D eigenvalue weighted by Gasteiger charge is 2.45. The third-order valence-electron chi connectivity index (χ3n) is 3.99. The Morgan fingerprint density at radius 1 is 1.40 bits per heavy atom. The molecule has 0 unspecified atom stereocenters. The van der Waals surface area contributed by atoms with Crippen LogP contribution in [0.3, 0.4) is 0 Å². The van der Waals surface area contributed by atoms with Crippen molar-refractivity contribution in [2.45, 2.75) is 44.8 Å². The molecule has 0 radical (unpaired) electrons. The van der Waals surface area contributed by atoms with E-state index in [0.29, 0.717) is 11.8 Å². The van der Waals surface area contributed by atoms with Gasteiger partial charge in [-0.05, 0) is 31.1 Å². The van der Waals surface area contributed by atoms with Crippen molar-refractivity contribution in [3.05, 3.63) is 0 Å². The van der Waals surface area contributed by atoms with Crippen LogP contribution in [0.4, 0.5) is 0 Å². The van der Waals surface area contributed by atoms with Crippen molar-refractivity contribution in [2.24, 2.45) is 11.8 Å². The zero-order valence-electron chi connectivity index (χ0n) is 9.82. The van der Waals surface area contributed by atoms with Crippen LogP contribution < -0.4 is 0 Å². The number of aliphatic hydroxyl groups excluding tert-OH is 1. The van der Waals surface area contributed by atoms with Crippen LogP contribution in [0.25, 0.3) is 0 Å². The lowest BCUT2D eigenvalue weighted by Crippen LogP contribution is -2.53. The molecule has 0 aromatic rings. The van der Waals surface area contributed by atoms with Crippen LogP contribution in [0.5, 0.6) is 0 Å². The van der Waals surface area contributed by atoms with Crippen molar-refractivity contribution in [1.29, 1.82) is 0 Å². The number of nitrogens with zero attached hydrogens (tertiary/aromatic N) is 1. The summed E-state index contributed by atoms with van der Waals surface area (Å²) in [6.07, 6.45) is 2.58. The second-order valence-electron chi connectivity index (χ2n) is 5.81. The summed E-state index contributed by atoms with van der Waals surface area (Å²) in [5.74, 6) is 1.39. The maximum absolute atomic E-state index is 10.3. The van der Waals surface area contributed by atoms with Gasteiger partial charge in [-0.3, -0.25) is 4.90 Å². The molecule has 2 fully saturated rings. The smallest absolute Gasteiger partial charge is 0.0779 e. The van der Waals surface area contributed by atoms with Gasteiger partial charge in [-0.15, -0.1) is 0 Å². The summed E-state index contributed by atoms with van der Waals surface area (Å²) in [5, 5.41) is 19.7. The Balaban J connectivity index is 1.76. The maximum Gasteiger partial charge on any atom is 0.0779 e. The molecule has 1 aliphatic carbocycles. The van der Waals surface area contributed by atoms with Crippen molar-refractivity contribution in [1.82, 2.24) is 4.90 Å². The van der Waals surface area contributed by atoms with Gasteiger partial charge in [0.25, 0.3) is 0 Å². The number of likely N-dealkylation sites (tertiary alicyclic amines) is 1. The normalized spacial score (nSPS) is 42.2. The standard InChI is InChI=1S/C12H23NO2/c1-9(2)10-5-12(15,6-10)8-13-4-3-11(14)7-13/h9-11,14-15H,3-8H2,1-2H3/t10?,11-,12?/m1/s1. The molecule has 15 heavy (non-hydrogen) atoms. The van der Waals surface area contributed by atoms with Gasteiger partial charge in [-0.1, -0.05) is 13.8 Å². The van der Waals surface area contributed by atoms with E-state index in [4.69, 9.17) is 0 Å². The van der Waals surface area contributed by atoms with Crippen molar-refractivity contribution in [3.63, 3.8) is 0 Å². The molecule has 0 spiro atoms. The van der Waals surface area contributed by atoms with E-state index in [9.17, 15) is 10.2 Å². The first kappa shape index (κ1) is 11.4. The molecule has 0 aromatic heterocycles. The summed E-state index contributed by atoms with van der Waals surface area (Å²) in [6, 6.07) is 0. The molecule has 2 aliphatic rings. The third-order valence-corrected chi connectivity index (χ3v) is 3.99. The first-order valence-corrected chi connectivity index (χ1v) is 6.11. The zero-order chi connectivity index (χ0) is 11.1. The molecule has 2 rings (SSSR count). The molecule has 0 aromatic carbocycles. The molecular weight excluding hydrogens is 190 g/mol. The molecule has 0 amide bonds. The Morgan fingerprint density at radius 3 is 2.53 bits per heavy atom. The first-order chi connectivity index (χ1) is 6.98. The van der Waals surface area contributed by atoms with Gasteiger partial charge in [0.05, 0.1) is 11.7 Å². The van der Waals surface area contributed by atoms with Crippen LogP contribution in [0.15, 0.2) is 0 Å². The van der Waals surface area contributed by atoms with Crippen LogP contribution in [0.1, 0.15) is 33.1 Å². The van der Waals surface area contributed by atoms with Gasteiger partial charge in [0.1, 0.15) is 0 Å². The minimum atomic E-state index is -0.459. The summed E-state index contributed by atoms with van der Waals surface area (Å²) < 4.78 is 0. The molecule has 1 saturated carbocycles. The van der Waals surface area contributed by atoms with Crippen LogP contribution in [-0.4, -0.2) is 46.5 Å². The van der Waals surface area contributed by atoms with Gasteiger partial charge < -0.3 is 10.2 Å². The number of hydrogen-bond acceptors (Lipinski definition) is 3. The predicted molar refractivity (Wildman–Crippen MR) is 59.6 cm³/mol. The van der Waals surface area contributed by atoms with Crippen LogP contribution in [0.2, 0.25) is 0 Å². The molecule has 2 N–H and O–H groups in total. The van der Waals surface area contributed by atoms with Gasteiger partial charge in [0.2, 0.25) is 0 Å². The molecule has 0 bridgehead atoms. The van der Waals surface area contributed by atoms with E-state index in [1.807, 2.05) is 0 Å². The lowest BCUT2D eigenvalue weighted by molar-refractivity contribution is -0.103. The van der Waals surface area contributed by atoms with E-state index in [1.165, 1.54) is 0 Å². The monoisotopic (exact) mass is 213 g/mol. The molecule has 1 saturated heterocycles. The number of aliphatic hydroxyl groups is 2. The van der Waals surface area contributed by atoms with Gasteiger partial charge >= 0.3 is 0 Å². The Bertz CT molecular complexity index is 224. The van der Waals surface area contributed by atoms with Gasteiger partial charge in [0.15, 0.2) is 0 Å². The summed E-state index contributed by atoms with van der Waals surface area (Å²) in [6.45, 7) is 6.89. The van der Waals surface area contributed by atoms with E-state index in [1.54, 1.807) is 0 Å². The molecule has 3 nitrogen and oxygen atoms in total. The van der Waals surface area contributed by atoms with E-state index in [2.05, 4.69) is 18.7 Å². The number of rotatable bonds is 3.